The summed E-state index contributed by atoms with van der Waals surface area (Å²) < 4.78 is 0. The molecular weight excluding hydrogens is 332 g/mol. The Morgan fingerprint density at radius 1 is 1.17 bits per heavy atom. The van der Waals surface area contributed by atoms with Crippen LogP contribution in [0.3, 0.4) is 0 Å². The fourth-order valence-corrected chi connectivity index (χ4v) is 3.39. The van der Waals surface area contributed by atoms with Crippen LogP contribution in [0.1, 0.15) is 22.8 Å². The maximum atomic E-state index is 12.1. The first-order valence-corrected chi connectivity index (χ1v) is 8.21. The molecule has 0 radical (unpaired) electrons. The monoisotopic (exact) mass is 346 g/mol. The highest BCUT2D eigenvalue weighted by molar-refractivity contribution is 7.99. The fraction of sp³-hybridized carbons (Fsp3) is 0.111. The van der Waals surface area contributed by atoms with Gasteiger partial charge in [-0.05, 0) is 42.3 Å². The van der Waals surface area contributed by atoms with E-state index in [9.17, 15) is 9.59 Å². The van der Waals surface area contributed by atoms with Gasteiger partial charge in [-0.25, -0.2) is 4.79 Å². The van der Waals surface area contributed by atoms with Crippen molar-refractivity contribution in [1.82, 2.24) is 0 Å². The van der Waals surface area contributed by atoms with Crippen LogP contribution in [0.4, 0.5) is 0 Å². The Bertz CT molecular complexity index is 754. The van der Waals surface area contributed by atoms with Crippen molar-refractivity contribution in [2.45, 2.75) is 23.1 Å². The SMILES string of the molecule is CCc1cc(C(=O)/C=C/C(=O)O)c(Cl)cc1Sc1ccccc1. The second kappa shape index (κ2) is 7.99. The summed E-state index contributed by atoms with van der Waals surface area (Å²) in [6.07, 6.45) is 2.58. The van der Waals surface area contributed by atoms with Gasteiger partial charge in [0.2, 0.25) is 0 Å². The quantitative estimate of drug-likeness (QED) is 0.598. The normalized spacial score (nSPS) is 10.9. The zero-order valence-electron chi connectivity index (χ0n) is 12.5. The summed E-state index contributed by atoms with van der Waals surface area (Å²) >= 11 is 7.80. The molecule has 0 bridgehead atoms. The Labute approximate surface area is 144 Å². The lowest BCUT2D eigenvalue weighted by atomic mass is 10.0. The van der Waals surface area contributed by atoms with Gasteiger partial charge in [0.25, 0.3) is 0 Å². The van der Waals surface area contributed by atoms with Gasteiger partial charge in [-0.2, -0.15) is 0 Å². The van der Waals surface area contributed by atoms with Gasteiger partial charge >= 0.3 is 5.97 Å². The summed E-state index contributed by atoms with van der Waals surface area (Å²) in [6.45, 7) is 2.00. The highest BCUT2D eigenvalue weighted by Gasteiger charge is 2.13. The van der Waals surface area contributed by atoms with Crippen LogP contribution < -0.4 is 0 Å². The van der Waals surface area contributed by atoms with Gasteiger partial charge in [-0.3, -0.25) is 4.79 Å². The number of hydrogen-bond acceptors (Lipinski definition) is 3. The number of carbonyl (C=O) groups is 2. The molecule has 5 heteroatoms. The Balaban J connectivity index is 2.35. The minimum Gasteiger partial charge on any atom is -0.478 e. The van der Waals surface area contributed by atoms with Crippen LogP contribution in [0.5, 0.6) is 0 Å². The molecule has 0 spiro atoms. The number of rotatable bonds is 6. The van der Waals surface area contributed by atoms with Crippen molar-refractivity contribution in [3.05, 3.63) is 70.8 Å². The predicted molar refractivity (Wildman–Crippen MR) is 92.5 cm³/mol. The fourth-order valence-electron chi connectivity index (χ4n) is 2.01. The van der Waals surface area contributed by atoms with Gasteiger partial charge < -0.3 is 5.11 Å². The van der Waals surface area contributed by atoms with Crippen LogP contribution in [-0.4, -0.2) is 16.9 Å². The number of benzene rings is 2. The average Bonchev–Trinajstić information content (AvgIpc) is 2.54. The molecule has 0 saturated heterocycles. The van der Waals surface area contributed by atoms with Crippen molar-refractivity contribution in [3.8, 4) is 0 Å². The van der Waals surface area contributed by atoms with Crippen LogP contribution in [0.2, 0.25) is 5.02 Å². The third-order valence-electron chi connectivity index (χ3n) is 3.14. The number of carboxylic acid groups (broad SMARTS) is 1. The first-order valence-electron chi connectivity index (χ1n) is 7.02. The van der Waals surface area contributed by atoms with Crippen LogP contribution in [0, 0.1) is 0 Å². The highest BCUT2D eigenvalue weighted by atomic mass is 35.5. The smallest absolute Gasteiger partial charge is 0.328 e. The molecule has 118 valence electrons. The van der Waals surface area contributed by atoms with E-state index in [4.69, 9.17) is 16.7 Å². The van der Waals surface area contributed by atoms with Crippen molar-refractivity contribution in [2.75, 3.05) is 0 Å². The second-order valence-electron chi connectivity index (χ2n) is 4.74. The molecule has 0 atom stereocenters. The molecule has 2 rings (SSSR count). The summed E-state index contributed by atoms with van der Waals surface area (Å²) in [5.41, 5.74) is 1.31. The third kappa shape index (κ3) is 4.71. The minimum atomic E-state index is -1.17. The van der Waals surface area contributed by atoms with Gasteiger partial charge in [0, 0.05) is 21.4 Å². The summed E-state index contributed by atoms with van der Waals surface area (Å²) in [5.74, 6) is -1.58. The van der Waals surface area contributed by atoms with Crippen LogP contribution >= 0.6 is 23.4 Å². The highest BCUT2D eigenvalue weighted by Crippen LogP contribution is 2.34. The lowest BCUT2D eigenvalue weighted by Gasteiger charge is -2.11. The number of ketones is 1. The molecule has 0 aliphatic rings. The van der Waals surface area contributed by atoms with E-state index in [1.807, 2.05) is 37.3 Å². The number of carboxylic acids is 1. The number of aliphatic carboxylic acids is 1. The molecule has 2 aromatic rings. The third-order valence-corrected chi connectivity index (χ3v) is 4.57. The summed E-state index contributed by atoms with van der Waals surface area (Å²) in [6, 6.07) is 13.4. The maximum absolute atomic E-state index is 12.1. The molecule has 23 heavy (non-hydrogen) atoms. The number of carbonyl (C=O) groups excluding carboxylic acids is 1. The van der Waals surface area contributed by atoms with Crippen LogP contribution in [0.15, 0.2) is 64.4 Å². The van der Waals surface area contributed by atoms with Crippen molar-refractivity contribution < 1.29 is 14.7 Å². The largest absolute Gasteiger partial charge is 0.478 e. The van der Waals surface area contributed by atoms with E-state index in [-0.39, 0.29) is 0 Å². The van der Waals surface area contributed by atoms with E-state index >= 15 is 0 Å². The van der Waals surface area contributed by atoms with E-state index in [2.05, 4.69) is 0 Å². The lowest BCUT2D eigenvalue weighted by molar-refractivity contribution is -0.131. The average molecular weight is 347 g/mol. The zero-order valence-corrected chi connectivity index (χ0v) is 14.0. The number of allylic oxidation sites excluding steroid dienone is 1. The van der Waals surface area contributed by atoms with Crippen LogP contribution in [0.25, 0.3) is 0 Å². The van der Waals surface area contributed by atoms with E-state index in [1.165, 1.54) is 0 Å². The van der Waals surface area contributed by atoms with E-state index in [1.54, 1.807) is 23.9 Å². The van der Waals surface area contributed by atoms with E-state index in [0.29, 0.717) is 10.6 Å². The number of halogens is 1. The standard InChI is InChI=1S/C18H15ClO3S/c1-2-12-10-14(16(20)8-9-18(21)22)15(19)11-17(12)23-13-6-4-3-5-7-13/h3-11H,2H2,1H3,(H,21,22)/b9-8+. The Morgan fingerprint density at radius 2 is 1.87 bits per heavy atom. The Hall–Kier alpha value is -2.04. The molecule has 0 heterocycles. The first-order chi connectivity index (χ1) is 11.0. The van der Waals surface area contributed by atoms with Crippen molar-refractivity contribution in [3.63, 3.8) is 0 Å². The van der Waals surface area contributed by atoms with Gasteiger partial charge in [0.05, 0.1) is 5.02 Å². The minimum absolute atomic E-state index is 0.318. The molecule has 0 amide bonds. The molecule has 2 aromatic carbocycles. The molecular formula is C18H15ClO3S. The van der Waals surface area contributed by atoms with Crippen molar-refractivity contribution >= 4 is 35.1 Å². The Morgan fingerprint density at radius 3 is 2.48 bits per heavy atom. The van der Waals surface area contributed by atoms with E-state index < -0.39 is 11.8 Å². The van der Waals surface area contributed by atoms with Gasteiger partial charge in [0.1, 0.15) is 0 Å². The van der Waals surface area contributed by atoms with Gasteiger partial charge in [-0.15, -0.1) is 0 Å². The van der Waals surface area contributed by atoms with E-state index in [0.717, 1.165) is 33.9 Å². The topological polar surface area (TPSA) is 54.4 Å². The zero-order chi connectivity index (χ0) is 16.8. The van der Waals surface area contributed by atoms with Crippen LogP contribution in [-0.2, 0) is 11.2 Å². The molecule has 0 aliphatic heterocycles. The number of hydrogen-bond donors (Lipinski definition) is 1. The summed E-state index contributed by atoms with van der Waals surface area (Å²) in [5, 5.41) is 8.93. The molecule has 3 nitrogen and oxygen atoms in total. The molecule has 0 aromatic heterocycles. The predicted octanol–water partition coefficient (Wildman–Crippen LogP) is 4.88. The molecule has 0 unspecified atom stereocenters. The summed E-state index contributed by atoms with van der Waals surface area (Å²) in [4.78, 5) is 24.7. The van der Waals surface area contributed by atoms with Gasteiger partial charge in [-0.1, -0.05) is 48.5 Å². The first kappa shape index (κ1) is 17.3. The van der Waals surface area contributed by atoms with Crippen molar-refractivity contribution in [1.29, 1.82) is 0 Å². The van der Waals surface area contributed by atoms with Gasteiger partial charge in [0.15, 0.2) is 5.78 Å². The molecule has 0 aliphatic carbocycles. The molecule has 0 fully saturated rings. The second-order valence-corrected chi connectivity index (χ2v) is 6.27. The van der Waals surface area contributed by atoms with Crippen molar-refractivity contribution in [2.24, 2.45) is 0 Å². The molecule has 0 saturated carbocycles. The Kier molecular flexibility index (Phi) is 6.02. The number of aryl methyl sites for hydroxylation is 1. The maximum Gasteiger partial charge on any atom is 0.328 e. The lowest BCUT2D eigenvalue weighted by Crippen LogP contribution is -2.00. The molecule has 1 N–H and O–H groups in total. The summed E-state index contributed by atoms with van der Waals surface area (Å²) in [7, 11) is 0.